The first-order chi connectivity index (χ1) is 13.4. The summed E-state index contributed by atoms with van der Waals surface area (Å²) in [6.07, 6.45) is 7.35. The van der Waals surface area contributed by atoms with Crippen LogP contribution in [-0.4, -0.2) is 35.3 Å². The van der Waals surface area contributed by atoms with Crippen molar-refractivity contribution >= 4 is 23.6 Å². The first-order valence-corrected chi connectivity index (χ1v) is 11.2. The molecule has 0 radical (unpaired) electrons. The van der Waals surface area contributed by atoms with E-state index in [9.17, 15) is 14.9 Å². The van der Waals surface area contributed by atoms with Crippen LogP contribution >= 0.6 is 11.8 Å². The quantitative estimate of drug-likeness (QED) is 0.576. The van der Waals surface area contributed by atoms with E-state index in [1.54, 1.807) is 13.0 Å². The first-order valence-electron chi connectivity index (χ1n) is 9.95. The predicted molar refractivity (Wildman–Crippen MR) is 107 cm³/mol. The van der Waals surface area contributed by atoms with Crippen LogP contribution in [-0.2, 0) is 9.53 Å². The summed E-state index contributed by atoms with van der Waals surface area (Å²) >= 11 is 1.34. The zero-order valence-electron chi connectivity index (χ0n) is 16.7. The lowest BCUT2D eigenvalue weighted by Crippen LogP contribution is -2.46. The van der Waals surface area contributed by atoms with Gasteiger partial charge in [0.05, 0.1) is 11.1 Å². The van der Waals surface area contributed by atoms with Gasteiger partial charge in [-0.2, -0.15) is 5.26 Å². The lowest BCUT2D eigenvalue weighted by Gasteiger charge is -2.30. The van der Waals surface area contributed by atoms with Gasteiger partial charge in [-0.1, -0.05) is 19.8 Å². The Morgan fingerprint density at radius 3 is 2.64 bits per heavy atom. The molecule has 2 aliphatic rings. The van der Waals surface area contributed by atoms with E-state index < -0.39 is 12.1 Å². The summed E-state index contributed by atoms with van der Waals surface area (Å²) in [4.78, 5) is 29.8. The fourth-order valence-electron chi connectivity index (χ4n) is 3.65. The third-order valence-corrected chi connectivity index (χ3v) is 6.30. The van der Waals surface area contributed by atoms with E-state index in [1.807, 2.05) is 6.26 Å². The molecule has 1 amide bonds. The van der Waals surface area contributed by atoms with Crippen LogP contribution in [0.15, 0.2) is 11.1 Å². The molecular weight excluding hydrogens is 374 g/mol. The number of nitrogens with zero attached hydrogens (tertiary/aromatic N) is 2. The Morgan fingerprint density at radius 1 is 1.32 bits per heavy atom. The number of hydrogen-bond acceptors (Lipinski definition) is 6. The second kappa shape index (κ2) is 8.95. The van der Waals surface area contributed by atoms with Gasteiger partial charge in [0, 0.05) is 17.7 Å². The molecule has 1 aromatic heterocycles. The molecular formula is C21H27N3O3S. The molecule has 1 heterocycles. The molecule has 1 aromatic rings. The number of thioether (sulfide) groups is 1. The van der Waals surface area contributed by atoms with E-state index in [0.717, 1.165) is 37.8 Å². The first kappa shape index (κ1) is 20.7. The largest absolute Gasteiger partial charge is 0.449 e. The molecule has 3 rings (SSSR count). The molecule has 0 saturated heterocycles. The van der Waals surface area contributed by atoms with Crippen molar-refractivity contribution in [3.63, 3.8) is 0 Å². The zero-order chi connectivity index (χ0) is 20.3. The van der Waals surface area contributed by atoms with Crippen molar-refractivity contribution in [3.05, 3.63) is 22.9 Å². The average molecular weight is 402 g/mol. The summed E-state index contributed by atoms with van der Waals surface area (Å²) in [6, 6.07) is 3.86. The van der Waals surface area contributed by atoms with E-state index in [2.05, 4.69) is 23.3 Å². The van der Waals surface area contributed by atoms with E-state index in [-0.39, 0.29) is 23.1 Å². The molecule has 0 bridgehead atoms. The molecule has 2 saturated carbocycles. The van der Waals surface area contributed by atoms with Gasteiger partial charge in [-0.15, -0.1) is 11.8 Å². The van der Waals surface area contributed by atoms with E-state index in [4.69, 9.17) is 4.74 Å². The molecule has 150 valence electrons. The van der Waals surface area contributed by atoms with Crippen LogP contribution in [0.4, 0.5) is 0 Å². The van der Waals surface area contributed by atoms with Crippen LogP contribution in [0.25, 0.3) is 0 Å². The maximum Gasteiger partial charge on any atom is 0.340 e. The van der Waals surface area contributed by atoms with Crippen LogP contribution in [0.3, 0.4) is 0 Å². The maximum absolute atomic E-state index is 12.8. The number of pyridine rings is 1. The van der Waals surface area contributed by atoms with Crippen molar-refractivity contribution in [1.82, 2.24) is 10.3 Å². The van der Waals surface area contributed by atoms with Gasteiger partial charge in [0.25, 0.3) is 5.91 Å². The summed E-state index contributed by atoms with van der Waals surface area (Å²) in [5, 5.41) is 13.1. The van der Waals surface area contributed by atoms with Crippen LogP contribution in [0.2, 0.25) is 0 Å². The molecule has 2 aliphatic carbocycles. The van der Waals surface area contributed by atoms with Crippen molar-refractivity contribution in [3.8, 4) is 6.07 Å². The number of esters is 1. The van der Waals surface area contributed by atoms with Gasteiger partial charge in [0.2, 0.25) is 0 Å². The summed E-state index contributed by atoms with van der Waals surface area (Å²) in [6.45, 7) is 3.71. The number of nitriles is 1. The Balaban J connectivity index is 1.72. The van der Waals surface area contributed by atoms with Crippen molar-refractivity contribution in [2.75, 3.05) is 6.26 Å². The third-order valence-electron chi connectivity index (χ3n) is 5.62. The Hall–Kier alpha value is -2.07. The van der Waals surface area contributed by atoms with Crippen molar-refractivity contribution in [1.29, 1.82) is 5.26 Å². The average Bonchev–Trinajstić information content (AvgIpc) is 3.53. The van der Waals surface area contributed by atoms with E-state index in [1.165, 1.54) is 18.2 Å². The van der Waals surface area contributed by atoms with Crippen molar-refractivity contribution < 1.29 is 14.3 Å². The van der Waals surface area contributed by atoms with Gasteiger partial charge in [0.1, 0.15) is 11.1 Å². The summed E-state index contributed by atoms with van der Waals surface area (Å²) in [7, 11) is 0. The van der Waals surface area contributed by atoms with E-state index >= 15 is 0 Å². The predicted octanol–water partition coefficient (Wildman–Crippen LogP) is 3.79. The highest BCUT2D eigenvalue weighted by molar-refractivity contribution is 7.98. The summed E-state index contributed by atoms with van der Waals surface area (Å²) in [5.41, 5.74) is 1.24. The minimum Gasteiger partial charge on any atom is -0.449 e. The number of rotatable bonds is 6. The lowest BCUT2D eigenvalue weighted by molar-refractivity contribution is -0.130. The second-order valence-electron chi connectivity index (χ2n) is 7.79. The minimum atomic E-state index is -0.913. The highest BCUT2D eigenvalue weighted by atomic mass is 32.2. The SMILES string of the molecule is CSc1nc(C2CC2)cc(C(=O)O[C@H](C)C(=O)N[C@H]2CCCC[C@@H]2C)c1C#N. The molecule has 2 fully saturated rings. The number of aromatic nitrogens is 1. The van der Waals surface area contributed by atoms with Gasteiger partial charge in [-0.05, 0) is 50.8 Å². The second-order valence-corrected chi connectivity index (χ2v) is 8.58. The number of carbonyl (C=O) groups excluding carboxylic acids is 2. The minimum absolute atomic E-state index is 0.127. The van der Waals surface area contributed by atoms with Gasteiger partial charge >= 0.3 is 5.97 Å². The zero-order valence-corrected chi connectivity index (χ0v) is 17.5. The van der Waals surface area contributed by atoms with Crippen LogP contribution in [0, 0.1) is 17.2 Å². The van der Waals surface area contributed by atoms with Gasteiger partial charge in [-0.25, -0.2) is 9.78 Å². The van der Waals surface area contributed by atoms with Gasteiger partial charge in [0.15, 0.2) is 6.10 Å². The van der Waals surface area contributed by atoms with Crippen molar-refractivity contribution in [2.45, 2.75) is 75.5 Å². The molecule has 0 spiro atoms. The summed E-state index contributed by atoms with van der Waals surface area (Å²) in [5.74, 6) is -0.155. The van der Waals surface area contributed by atoms with Crippen molar-refractivity contribution in [2.24, 2.45) is 5.92 Å². The fraction of sp³-hybridized carbons (Fsp3) is 0.619. The number of amides is 1. The molecule has 3 atom stereocenters. The maximum atomic E-state index is 12.8. The Bertz CT molecular complexity index is 801. The highest BCUT2D eigenvalue weighted by Gasteiger charge is 2.31. The van der Waals surface area contributed by atoms with Crippen LogP contribution in [0.5, 0.6) is 0 Å². The lowest BCUT2D eigenvalue weighted by atomic mass is 9.86. The standard InChI is InChI=1S/C21H27N3O3S/c1-12-6-4-5-7-17(12)23-19(25)13(2)27-21(26)15-10-18(14-8-9-14)24-20(28-3)16(15)11-22/h10,12-14,17H,4-9H2,1-3H3,(H,23,25)/t12-,13+,17-/m0/s1. The Kier molecular flexibility index (Phi) is 6.61. The topological polar surface area (TPSA) is 92.1 Å². The molecule has 0 aromatic carbocycles. The van der Waals surface area contributed by atoms with Gasteiger partial charge in [-0.3, -0.25) is 4.79 Å². The summed E-state index contributed by atoms with van der Waals surface area (Å²) < 4.78 is 5.43. The Labute approximate surface area is 170 Å². The number of hydrogen-bond donors (Lipinski definition) is 1. The number of nitrogens with one attached hydrogen (secondary N) is 1. The molecule has 1 N–H and O–H groups in total. The van der Waals surface area contributed by atoms with Gasteiger partial charge < -0.3 is 10.1 Å². The number of carbonyl (C=O) groups is 2. The number of ether oxygens (including phenoxy) is 1. The third kappa shape index (κ3) is 4.67. The van der Waals surface area contributed by atoms with E-state index in [0.29, 0.717) is 16.9 Å². The smallest absolute Gasteiger partial charge is 0.340 e. The molecule has 7 heteroatoms. The molecule has 6 nitrogen and oxygen atoms in total. The molecule has 0 unspecified atom stereocenters. The highest BCUT2D eigenvalue weighted by Crippen LogP contribution is 2.40. The normalized spacial score (nSPS) is 22.8. The molecule has 0 aliphatic heterocycles. The van der Waals surface area contributed by atoms with Crippen LogP contribution in [0.1, 0.15) is 79.9 Å². The monoisotopic (exact) mass is 401 g/mol. The molecule has 28 heavy (non-hydrogen) atoms. The van der Waals surface area contributed by atoms with Crippen LogP contribution < -0.4 is 5.32 Å². The fourth-order valence-corrected chi connectivity index (χ4v) is 4.21. The Morgan fingerprint density at radius 2 is 2.04 bits per heavy atom.